The van der Waals surface area contributed by atoms with Gasteiger partial charge in [0.05, 0.1) is 5.51 Å². The minimum atomic E-state index is 1.00. The monoisotopic (exact) mass is 223 g/mol. The Morgan fingerprint density at radius 2 is 2.67 bits per heavy atom. The number of thiazole rings is 1. The van der Waals surface area contributed by atoms with Crippen molar-refractivity contribution < 1.29 is 0 Å². The fourth-order valence-corrected chi connectivity index (χ4v) is 2.79. The third-order valence-corrected chi connectivity index (χ3v) is 3.41. The highest BCUT2D eigenvalue weighted by Crippen LogP contribution is 2.22. The molecule has 0 bridgehead atoms. The Hall–Kier alpha value is 0.460. The summed E-state index contributed by atoms with van der Waals surface area (Å²) in [6, 6.07) is 0. The molecule has 0 amide bonds. The summed E-state index contributed by atoms with van der Waals surface area (Å²) >= 11 is 6.86. The lowest BCUT2D eigenvalue weighted by atomic mass is 10.6. The van der Waals surface area contributed by atoms with Crippen LogP contribution >= 0.6 is 39.0 Å². The van der Waals surface area contributed by atoms with Crippen LogP contribution in [0.1, 0.15) is 4.88 Å². The number of aromatic nitrogens is 1. The normalized spacial score (nSPS) is 10.0. The zero-order valence-corrected chi connectivity index (χ0v) is 8.15. The zero-order valence-electron chi connectivity index (χ0n) is 4.93. The highest BCUT2D eigenvalue weighted by atomic mass is 79.9. The molecule has 0 radical (unpaired) electrons. The molecule has 1 aromatic heterocycles. The van der Waals surface area contributed by atoms with E-state index in [9.17, 15) is 0 Å². The summed E-state index contributed by atoms with van der Waals surface area (Å²) in [5.74, 6) is 1.06. The first-order chi connectivity index (χ1) is 4.34. The molecule has 0 fully saturated rings. The largest absolute Gasteiger partial charge is 0.237 e. The van der Waals surface area contributed by atoms with Crippen LogP contribution in [0.2, 0.25) is 0 Å². The van der Waals surface area contributed by atoms with Crippen LogP contribution in [0.4, 0.5) is 0 Å². The van der Waals surface area contributed by atoms with Crippen LogP contribution in [0.25, 0.3) is 0 Å². The Morgan fingerprint density at radius 1 is 1.89 bits per heavy atom. The third-order valence-electron chi connectivity index (χ3n) is 0.867. The topological polar surface area (TPSA) is 12.9 Å². The highest BCUT2D eigenvalue weighted by molar-refractivity contribution is 9.10. The number of rotatable bonds is 2. The molecule has 1 nitrogen and oxygen atoms in total. The third kappa shape index (κ3) is 1.95. The summed E-state index contributed by atoms with van der Waals surface area (Å²) in [4.78, 5) is 5.38. The molecule has 1 heterocycles. The standard InChI is InChI=1S/C5H6BrNS2/c1-8-2-4-5(6)7-3-9-4/h3H,2H2,1H3. The van der Waals surface area contributed by atoms with Crippen molar-refractivity contribution in [2.24, 2.45) is 0 Å². The lowest BCUT2D eigenvalue weighted by molar-refractivity contribution is 1.31. The quantitative estimate of drug-likeness (QED) is 0.766. The highest BCUT2D eigenvalue weighted by Gasteiger charge is 1.99. The molecule has 0 aliphatic heterocycles. The van der Waals surface area contributed by atoms with Gasteiger partial charge in [-0.15, -0.1) is 11.3 Å². The average Bonchev–Trinajstić information content (AvgIpc) is 2.18. The second kappa shape index (κ2) is 3.58. The summed E-state index contributed by atoms with van der Waals surface area (Å²) in [6.07, 6.45) is 2.09. The average molecular weight is 224 g/mol. The lowest BCUT2D eigenvalue weighted by Gasteiger charge is -1.89. The number of hydrogen-bond donors (Lipinski definition) is 0. The molecule has 0 saturated heterocycles. The molecule has 0 saturated carbocycles. The molecule has 9 heavy (non-hydrogen) atoms. The van der Waals surface area contributed by atoms with Crippen molar-refractivity contribution in [3.63, 3.8) is 0 Å². The number of halogens is 1. The molecule has 0 N–H and O–H groups in total. The Balaban J connectivity index is 2.69. The predicted octanol–water partition coefficient (Wildman–Crippen LogP) is 2.77. The summed E-state index contributed by atoms with van der Waals surface area (Å²) in [6.45, 7) is 0. The van der Waals surface area contributed by atoms with E-state index in [0.717, 1.165) is 10.4 Å². The number of hydrogen-bond acceptors (Lipinski definition) is 3. The van der Waals surface area contributed by atoms with Gasteiger partial charge >= 0.3 is 0 Å². The predicted molar refractivity (Wildman–Crippen MR) is 47.0 cm³/mol. The Labute approximate surface area is 71.0 Å². The molecular formula is C5H6BrNS2. The van der Waals surface area contributed by atoms with Gasteiger partial charge in [-0.2, -0.15) is 11.8 Å². The van der Waals surface area contributed by atoms with E-state index in [0.29, 0.717) is 0 Å². The maximum Gasteiger partial charge on any atom is 0.121 e. The minimum absolute atomic E-state index is 1.00. The van der Waals surface area contributed by atoms with E-state index >= 15 is 0 Å². The van der Waals surface area contributed by atoms with Gasteiger partial charge in [0.25, 0.3) is 0 Å². The van der Waals surface area contributed by atoms with Crippen molar-refractivity contribution in [2.45, 2.75) is 5.75 Å². The van der Waals surface area contributed by atoms with Gasteiger partial charge in [-0.1, -0.05) is 0 Å². The Kier molecular flexibility index (Phi) is 3.01. The van der Waals surface area contributed by atoms with Gasteiger partial charge in [-0.25, -0.2) is 4.98 Å². The van der Waals surface area contributed by atoms with Gasteiger partial charge in [0.15, 0.2) is 0 Å². The Bertz CT molecular complexity index is 187. The fraction of sp³-hybridized carbons (Fsp3) is 0.400. The molecule has 50 valence electrons. The maximum absolute atomic E-state index is 4.06. The molecular weight excluding hydrogens is 218 g/mol. The van der Waals surface area contributed by atoms with Crippen LogP contribution in [-0.2, 0) is 5.75 Å². The van der Waals surface area contributed by atoms with Crippen LogP contribution in [0.5, 0.6) is 0 Å². The van der Waals surface area contributed by atoms with Crippen molar-refractivity contribution in [3.05, 3.63) is 15.0 Å². The van der Waals surface area contributed by atoms with E-state index in [1.165, 1.54) is 4.88 Å². The van der Waals surface area contributed by atoms with Gasteiger partial charge in [-0.05, 0) is 22.2 Å². The van der Waals surface area contributed by atoms with Crippen LogP contribution in [0.15, 0.2) is 10.1 Å². The second-order valence-corrected chi connectivity index (χ2v) is 4.06. The molecule has 0 spiro atoms. The van der Waals surface area contributed by atoms with Crippen LogP contribution in [0.3, 0.4) is 0 Å². The van der Waals surface area contributed by atoms with Gasteiger partial charge < -0.3 is 0 Å². The molecule has 0 aromatic carbocycles. The van der Waals surface area contributed by atoms with E-state index in [-0.39, 0.29) is 0 Å². The molecule has 0 atom stereocenters. The summed E-state index contributed by atoms with van der Waals surface area (Å²) in [7, 11) is 0. The first-order valence-electron chi connectivity index (χ1n) is 2.41. The summed E-state index contributed by atoms with van der Waals surface area (Å²) in [5.41, 5.74) is 1.86. The van der Waals surface area contributed by atoms with Crippen molar-refractivity contribution in [1.29, 1.82) is 0 Å². The van der Waals surface area contributed by atoms with Crippen LogP contribution < -0.4 is 0 Å². The second-order valence-electron chi connectivity index (χ2n) is 1.50. The summed E-state index contributed by atoms with van der Waals surface area (Å²) in [5, 5.41) is 0. The van der Waals surface area contributed by atoms with Crippen molar-refractivity contribution in [2.75, 3.05) is 6.26 Å². The maximum atomic E-state index is 4.06. The number of thioether (sulfide) groups is 1. The SMILES string of the molecule is CSCc1scnc1Br. The van der Waals surface area contributed by atoms with Crippen molar-refractivity contribution in [3.8, 4) is 0 Å². The molecule has 1 rings (SSSR count). The molecule has 0 aliphatic carbocycles. The van der Waals surface area contributed by atoms with E-state index in [1.807, 2.05) is 17.3 Å². The minimum Gasteiger partial charge on any atom is -0.237 e. The molecule has 0 unspecified atom stereocenters. The van der Waals surface area contributed by atoms with E-state index in [4.69, 9.17) is 0 Å². The van der Waals surface area contributed by atoms with Gasteiger partial charge in [0.1, 0.15) is 4.60 Å². The first-order valence-corrected chi connectivity index (χ1v) is 5.48. The van der Waals surface area contributed by atoms with Crippen molar-refractivity contribution in [1.82, 2.24) is 4.98 Å². The molecule has 1 aromatic rings. The smallest absolute Gasteiger partial charge is 0.121 e. The zero-order chi connectivity index (χ0) is 6.69. The van der Waals surface area contributed by atoms with Gasteiger partial charge in [0.2, 0.25) is 0 Å². The van der Waals surface area contributed by atoms with E-state index in [2.05, 4.69) is 27.2 Å². The Morgan fingerprint density at radius 3 is 3.11 bits per heavy atom. The lowest BCUT2D eigenvalue weighted by Crippen LogP contribution is -1.72. The van der Waals surface area contributed by atoms with Crippen LogP contribution in [0, 0.1) is 0 Å². The van der Waals surface area contributed by atoms with Gasteiger partial charge in [0, 0.05) is 10.6 Å². The number of nitrogens with zero attached hydrogens (tertiary/aromatic N) is 1. The van der Waals surface area contributed by atoms with Crippen LogP contribution in [-0.4, -0.2) is 11.2 Å². The van der Waals surface area contributed by atoms with E-state index < -0.39 is 0 Å². The molecule has 0 aliphatic rings. The van der Waals surface area contributed by atoms with E-state index in [1.54, 1.807) is 11.3 Å². The molecule has 4 heteroatoms. The fourth-order valence-electron chi connectivity index (χ4n) is 0.482. The summed E-state index contributed by atoms with van der Waals surface area (Å²) < 4.78 is 1.00. The van der Waals surface area contributed by atoms with Gasteiger partial charge in [-0.3, -0.25) is 0 Å². The van der Waals surface area contributed by atoms with Crippen molar-refractivity contribution >= 4 is 39.0 Å². The first kappa shape index (κ1) is 7.57.